The van der Waals surface area contributed by atoms with Crippen LogP contribution in [0.1, 0.15) is 31.2 Å². The summed E-state index contributed by atoms with van der Waals surface area (Å²) in [6.07, 6.45) is 0. The molecule has 1 saturated heterocycles. The summed E-state index contributed by atoms with van der Waals surface area (Å²) in [6, 6.07) is 0. The summed E-state index contributed by atoms with van der Waals surface area (Å²) in [5.41, 5.74) is 0.951. The zero-order chi connectivity index (χ0) is 14.7. The summed E-state index contributed by atoms with van der Waals surface area (Å²) in [5, 5.41) is 9.54. The molecule has 0 aromatic carbocycles. The number of nitrogens with zero attached hydrogens (tertiary/aromatic N) is 4. The van der Waals surface area contributed by atoms with E-state index in [1.54, 1.807) is 0 Å². The largest absolute Gasteiger partial charge is 0.395 e. The first-order valence-electron chi connectivity index (χ1n) is 7.15. The minimum Gasteiger partial charge on any atom is -0.395 e. The fourth-order valence-electron chi connectivity index (χ4n) is 2.38. The molecule has 0 atom stereocenters. The Bertz CT molecular complexity index is 459. The molecule has 2 rings (SSSR count). The van der Waals surface area contributed by atoms with Crippen molar-refractivity contribution in [3.8, 4) is 0 Å². The Morgan fingerprint density at radius 2 is 1.85 bits per heavy atom. The van der Waals surface area contributed by atoms with Crippen molar-refractivity contribution in [1.29, 1.82) is 0 Å². The van der Waals surface area contributed by atoms with E-state index < -0.39 is 0 Å². The molecule has 6 heteroatoms. The van der Waals surface area contributed by atoms with Gasteiger partial charge in [-0.1, -0.05) is 25.4 Å². The molecule has 1 aromatic heterocycles. The third-order valence-corrected chi connectivity index (χ3v) is 4.05. The molecule has 1 aliphatic heterocycles. The van der Waals surface area contributed by atoms with Crippen LogP contribution < -0.4 is 4.90 Å². The van der Waals surface area contributed by atoms with Gasteiger partial charge in [0.05, 0.1) is 6.61 Å². The molecule has 1 aromatic rings. The molecule has 1 fully saturated rings. The van der Waals surface area contributed by atoms with Gasteiger partial charge in [-0.05, 0) is 6.92 Å². The first kappa shape index (κ1) is 15.5. The van der Waals surface area contributed by atoms with Gasteiger partial charge in [-0.15, -0.1) is 0 Å². The van der Waals surface area contributed by atoms with Gasteiger partial charge in [0, 0.05) is 44.2 Å². The highest BCUT2D eigenvalue weighted by atomic mass is 35.5. The van der Waals surface area contributed by atoms with Crippen LogP contribution in [0.3, 0.4) is 0 Å². The van der Waals surface area contributed by atoms with Gasteiger partial charge in [0.1, 0.15) is 16.8 Å². The van der Waals surface area contributed by atoms with Gasteiger partial charge in [-0.25, -0.2) is 9.97 Å². The van der Waals surface area contributed by atoms with Crippen LogP contribution >= 0.6 is 11.6 Å². The van der Waals surface area contributed by atoms with Crippen molar-refractivity contribution in [3.05, 3.63) is 16.5 Å². The van der Waals surface area contributed by atoms with Gasteiger partial charge < -0.3 is 10.0 Å². The van der Waals surface area contributed by atoms with Crippen LogP contribution in [0.25, 0.3) is 0 Å². The van der Waals surface area contributed by atoms with E-state index in [0.717, 1.165) is 49.9 Å². The molecule has 112 valence electrons. The zero-order valence-corrected chi connectivity index (χ0v) is 13.2. The molecule has 0 unspecified atom stereocenters. The highest BCUT2D eigenvalue weighted by Crippen LogP contribution is 2.26. The van der Waals surface area contributed by atoms with Crippen LogP contribution in [0.4, 0.5) is 5.82 Å². The average molecular weight is 299 g/mol. The van der Waals surface area contributed by atoms with Crippen molar-refractivity contribution in [2.75, 3.05) is 44.2 Å². The Kier molecular flexibility index (Phi) is 5.18. The Morgan fingerprint density at radius 1 is 1.20 bits per heavy atom. The predicted octanol–water partition coefficient (Wildman–Crippen LogP) is 1.68. The van der Waals surface area contributed by atoms with Crippen LogP contribution in [0, 0.1) is 6.92 Å². The SMILES string of the molecule is Cc1c(Cl)nc(C(C)C)nc1N1CCN(CCO)CC1. The molecular formula is C14H23ClN4O. The number of anilines is 1. The lowest BCUT2D eigenvalue weighted by Crippen LogP contribution is -2.47. The summed E-state index contributed by atoms with van der Waals surface area (Å²) in [5.74, 6) is 2.02. The standard InChI is InChI=1S/C14H23ClN4O/c1-10(2)13-16-12(15)11(3)14(17-13)19-6-4-18(5-7-19)8-9-20/h10,20H,4-9H2,1-3H3. The normalized spacial score (nSPS) is 17.0. The van der Waals surface area contributed by atoms with Crippen LogP contribution in [0.15, 0.2) is 0 Å². The number of aromatic nitrogens is 2. The first-order chi connectivity index (χ1) is 9.52. The lowest BCUT2D eigenvalue weighted by atomic mass is 10.2. The van der Waals surface area contributed by atoms with Crippen molar-refractivity contribution in [2.24, 2.45) is 0 Å². The molecule has 0 spiro atoms. The molecular weight excluding hydrogens is 276 g/mol. The molecule has 0 amide bonds. The number of aliphatic hydroxyl groups excluding tert-OH is 1. The third kappa shape index (κ3) is 3.40. The number of halogens is 1. The van der Waals surface area contributed by atoms with Crippen molar-refractivity contribution >= 4 is 17.4 Å². The van der Waals surface area contributed by atoms with Crippen molar-refractivity contribution in [2.45, 2.75) is 26.7 Å². The highest BCUT2D eigenvalue weighted by molar-refractivity contribution is 6.30. The third-order valence-electron chi connectivity index (χ3n) is 3.68. The molecule has 2 heterocycles. The topological polar surface area (TPSA) is 52.5 Å². The van der Waals surface area contributed by atoms with Gasteiger partial charge in [0.2, 0.25) is 0 Å². The van der Waals surface area contributed by atoms with Crippen LogP contribution in [0.5, 0.6) is 0 Å². The number of β-amino-alcohol motifs (C(OH)–C–C–N with tert-alkyl or cyclic N) is 1. The predicted molar refractivity (Wildman–Crippen MR) is 81.6 cm³/mol. The van der Waals surface area contributed by atoms with Gasteiger partial charge in [-0.2, -0.15) is 0 Å². The first-order valence-corrected chi connectivity index (χ1v) is 7.53. The summed E-state index contributed by atoms with van der Waals surface area (Å²) in [7, 11) is 0. The van der Waals surface area contributed by atoms with E-state index in [4.69, 9.17) is 16.7 Å². The maximum absolute atomic E-state index is 8.99. The molecule has 1 aliphatic rings. The molecule has 1 N–H and O–H groups in total. The Hall–Kier alpha value is -0.910. The van der Waals surface area contributed by atoms with Crippen molar-refractivity contribution < 1.29 is 5.11 Å². The molecule has 0 aliphatic carbocycles. The van der Waals surface area contributed by atoms with E-state index in [9.17, 15) is 0 Å². The second kappa shape index (κ2) is 6.70. The Labute approximate surface area is 125 Å². The lowest BCUT2D eigenvalue weighted by molar-refractivity contribution is 0.188. The molecule has 0 bridgehead atoms. The fourth-order valence-corrected chi connectivity index (χ4v) is 2.56. The summed E-state index contributed by atoms with van der Waals surface area (Å²) in [4.78, 5) is 13.6. The Balaban J connectivity index is 2.17. The van der Waals surface area contributed by atoms with Crippen LogP contribution in [0.2, 0.25) is 5.15 Å². The number of rotatable bonds is 4. The number of hydrogen-bond donors (Lipinski definition) is 1. The van der Waals surface area contributed by atoms with Gasteiger partial charge in [0.15, 0.2) is 0 Å². The van der Waals surface area contributed by atoms with E-state index in [-0.39, 0.29) is 12.5 Å². The molecule has 0 radical (unpaired) electrons. The van der Waals surface area contributed by atoms with Crippen LogP contribution in [-0.4, -0.2) is 59.3 Å². The average Bonchev–Trinajstić information content (AvgIpc) is 2.43. The second-order valence-electron chi connectivity index (χ2n) is 5.53. The zero-order valence-electron chi connectivity index (χ0n) is 12.4. The summed E-state index contributed by atoms with van der Waals surface area (Å²) >= 11 is 6.24. The van der Waals surface area contributed by atoms with E-state index in [1.807, 2.05) is 6.92 Å². The fraction of sp³-hybridized carbons (Fsp3) is 0.714. The maximum Gasteiger partial charge on any atom is 0.137 e. The van der Waals surface area contributed by atoms with E-state index in [2.05, 4.69) is 33.6 Å². The van der Waals surface area contributed by atoms with E-state index in [0.29, 0.717) is 5.15 Å². The van der Waals surface area contributed by atoms with Crippen LogP contribution in [-0.2, 0) is 0 Å². The van der Waals surface area contributed by atoms with Crippen molar-refractivity contribution in [3.63, 3.8) is 0 Å². The number of hydrogen-bond acceptors (Lipinski definition) is 5. The minimum atomic E-state index is 0.218. The molecule has 0 saturated carbocycles. The molecule has 5 nitrogen and oxygen atoms in total. The Morgan fingerprint density at radius 3 is 2.40 bits per heavy atom. The van der Waals surface area contributed by atoms with Gasteiger partial charge >= 0.3 is 0 Å². The van der Waals surface area contributed by atoms with Gasteiger partial charge in [-0.3, -0.25) is 4.90 Å². The molecule has 20 heavy (non-hydrogen) atoms. The number of aliphatic hydroxyl groups is 1. The smallest absolute Gasteiger partial charge is 0.137 e. The maximum atomic E-state index is 8.99. The summed E-state index contributed by atoms with van der Waals surface area (Å²) < 4.78 is 0. The highest BCUT2D eigenvalue weighted by Gasteiger charge is 2.21. The van der Waals surface area contributed by atoms with E-state index >= 15 is 0 Å². The minimum absolute atomic E-state index is 0.218. The van der Waals surface area contributed by atoms with Gasteiger partial charge in [0.25, 0.3) is 0 Å². The van der Waals surface area contributed by atoms with Crippen molar-refractivity contribution in [1.82, 2.24) is 14.9 Å². The summed E-state index contributed by atoms with van der Waals surface area (Å²) in [6.45, 7) is 10.8. The second-order valence-corrected chi connectivity index (χ2v) is 5.89. The quantitative estimate of drug-likeness (QED) is 0.857. The lowest BCUT2D eigenvalue weighted by Gasteiger charge is -2.36. The van der Waals surface area contributed by atoms with E-state index in [1.165, 1.54) is 0 Å². The number of piperazine rings is 1. The monoisotopic (exact) mass is 298 g/mol.